The van der Waals surface area contributed by atoms with Crippen LogP contribution in [-0.2, 0) is 4.79 Å². The normalized spacial score (nSPS) is 10.6. The van der Waals surface area contributed by atoms with Crippen LogP contribution in [0.4, 0.5) is 5.69 Å². The zero-order valence-electron chi connectivity index (χ0n) is 12.6. The second kappa shape index (κ2) is 8.03. The van der Waals surface area contributed by atoms with Gasteiger partial charge in [-0.15, -0.1) is 0 Å². The molecule has 0 aliphatic carbocycles. The Bertz CT molecular complexity index is 779. The number of hydrogen-bond donors (Lipinski definition) is 1. The van der Waals surface area contributed by atoms with Gasteiger partial charge >= 0.3 is 0 Å². The molecule has 0 bridgehead atoms. The lowest BCUT2D eigenvalue weighted by atomic mass is 10.1. The smallest absolute Gasteiger partial charge is 0.262 e. The maximum absolute atomic E-state index is 12.1. The highest BCUT2D eigenvalue weighted by Gasteiger charge is 2.21. The number of hydrogen-bond acceptors (Lipinski definition) is 2. The lowest BCUT2D eigenvalue weighted by Gasteiger charge is -2.14. The van der Waals surface area contributed by atoms with Crippen molar-refractivity contribution in [3.63, 3.8) is 0 Å². The van der Waals surface area contributed by atoms with E-state index in [1.807, 2.05) is 26.0 Å². The molecular formula is C16H12Cl5NO2. The maximum Gasteiger partial charge on any atom is 0.262 e. The van der Waals surface area contributed by atoms with Gasteiger partial charge in [0.25, 0.3) is 5.91 Å². The molecule has 0 saturated carbocycles. The molecule has 2 aromatic carbocycles. The first kappa shape index (κ1) is 19.5. The fraction of sp³-hybridized carbons (Fsp3) is 0.188. The number of carbonyl (C=O) groups excluding carboxylic acids is 1. The minimum atomic E-state index is -0.377. The molecule has 0 aliphatic rings. The van der Waals surface area contributed by atoms with Crippen molar-refractivity contribution in [1.82, 2.24) is 0 Å². The summed E-state index contributed by atoms with van der Waals surface area (Å²) in [5, 5.41) is 2.80. The van der Waals surface area contributed by atoms with Gasteiger partial charge in [0.1, 0.15) is 10.0 Å². The Hall–Kier alpha value is -0.840. The summed E-state index contributed by atoms with van der Waals surface area (Å²) in [4.78, 5) is 12.1. The van der Waals surface area contributed by atoms with Crippen LogP contribution in [0.3, 0.4) is 0 Å². The summed E-state index contributed by atoms with van der Waals surface area (Å²) in [6.45, 7) is 3.55. The highest BCUT2D eigenvalue weighted by Crippen LogP contribution is 2.48. The summed E-state index contributed by atoms with van der Waals surface area (Å²) in [6.07, 6.45) is 0. The molecule has 0 unspecified atom stereocenters. The van der Waals surface area contributed by atoms with Crippen molar-refractivity contribution >= 4 is 69.6 Å². The fourth-order valence-corrected chi connectivity index (χ4v) is 3.15. The average Bonchev–Trinajstić information content (AvgIpc) is 2.55. The molecule has 128 valence electrons. The van der Waals surface area contributed by atoms with Gasteiger partial charge in [0.05, 0.1) is 15.1 Å². The summed E-state index contributed by atoms with van der Waals surface area (Å²) in [5.41, 5.74) is 2.74. The summed E-state index contributed by atoms with van der Waals surface area (Å²) >= 11 is 29.9. The van der Waals surface area contributed by atoms with Crippen LogP contribution in [0.15, 0.2) is 18.2 Å². The number of carbonyl (C=O) groups is 1. The molecule has 0 atom stereocenters. The van der Waals surface area contributed by atoms with Gasteiger partial charge in [0.2, 0.25) is 0 Å². The molecule has 0 heterocycles. The first-order chi connectivity index (χ1) is 11.2. The molecule has 1 N–H and O–H groups in total. The fourth-order valence-electron chi connectivity index (χ4n) is 1.92. The first-order valence-electron chi connectivity index (χ1n) is 6.74. The summed E-state index contributed by atoms with van der Waals surface area (Å²) in [7, 11) is 0. The average molecular weight is 428 g/mol. The first-order valence-corrected chi connectivity index (χ1v) is 8.63. The number of benzene rings is 2. The second-order valence-electron chi connectivity index (χ2n) is 4.98. The van der Waals surface area contributed by atoms with E-state index >= 15 is 0 Å². The minimum Gasteiger partial charge on any atom is -0.481 e. The van der Waals surface area contributed by atoms with Crippen LogP contribution in [0.5, 0.6) is 5.75 Å². The van der Waals surface area contributed by atoms with Crippen LogP contribution in [0.2, 0.25) is 25.1 Å². The Morgan fingerprint density at radius 1 is 0.958 bits per heavy atom. The SMILES string of the molecule is Cc1cccc(NC(=O)COc2c(Cl)c(Cl)c(Cl)c(Cl)c2Cl)c1C. The van der Waals surface area contributed by atoms with E-state index in [0.29, 0.717) is 5.69 Å². The van der Waals surface area contributed by atoms with Crippen LogP contribution in [-0.4, -0.2) is 12.5 Å². The molecule has 1 amide bonds. The van der Waals surface area contributed by atoms with Gasteiger partial charge in [0.15, 0.2) is 12.4 Å². The van der Waals surface area contributed by atoms with Gasteiger partial charge in [-0.3, -0.25) is 4.79 Å². The van der Waals surface area contributed by atoms with E-state index in [1.165, 1.54) is 0 Å². The van der Waals surface area contributed by atoms with E-state index in [1.54, 1.807) is 6.07 Å². The van der Waals surface area contributed by atoms with E-state index in [2.05, 4.69) is 5.32 Å². The van der Waals surface area contributed by atoms with Crippen molar-refractivity contribution < 1.29 is 9.53 Å². The van der Waals surface area contributed by atoms with Crippen LogP contribution >= 0.6 is 58.0 Å². The number of amides is 1. The van der Waals surface area contributed by atoms with Gasteiger partial charge in [-0.25, -0.2) is 0 Å². The number of aryl methyl sites for hydroxylation is 1. The highest BCUT2D eigenvalue weighted by atomic mass is 35.5. The molecule has 0 radical (unpaired) electrons. The maximum atomic E-state index is 12.1. The molecule has 0 spiro atoms. The van der Waals surface area contributed by atoms with Crippen LogP contribution in [0, 0.1) is 13.8 Å². The molecule has 3 nitrogen and oxygen atoms in total. The summed E-state index contributed by atoms with van der Waals surface area (Å²) < 4.78 is 5.38. The molecule has 8 heteroatoms. The second-order valence-corrected chi connectivity index (χ2v) is 6.87. The Kier molecular flexibility index (Phi) is 6.52. The zero-order chi connectivity index (χ0) is 18.0. The predicted molar refractivity (Wildman–Crippen MR) is 102 cm³/mol. The van der Waals surface area contributed by atoms with Gasteiger partial charge in [0, 0.05) is 5.69 Å². The molecule has 24 heavy (non-hydrogen) atoms. The minimum absolute atomic E-state index is 0.00407. The molecular weight excluding hydrogens is 415 g/mol. The van der Waals surface area contributed by atoms with E-state index in [0.717, 1.165) is 11.1 Å². The van der Waals surface area contributed by atoms with E-state index in [9.17, 15) is 4.79 Å². The number of nitrogens with one attached hydrogen (secondary N) is 1. The van der Waals surface area contributed by atoms with Crippen molar-refractivity contribution in [2.24, 2.45) is 0 Å². The van der Waals surface area contributed by atoms with Crippen LogP contribution in [0.1, 0.15) is 11.1 Å². The number of halogens is 5. The largest absolute Gasteiger partial charge is 0.481 e. The van der Waals surface area contributed by atoms with Crippen molar-refractivity contribution in [3.8, 4) is 5.75 Å². The highest BCUT2D eigenvalue weighted by molar-refractivity contribution is 6.55. The van der Waals surface area contributed by atoms with Gasteiger partial charge in [-0.2, -0.15) is 0 Å². The van der Waals surface area contributed by atoms with E-state index < -0.39 is 0 Å². The third-order valence-corrected chi connectivity index (χ3v) is 5.64. The number of anilines is 1. The predicted octanol–water partition coefficient (Wildman–Crippen LogP) is 6.59. The van der Waals surface area contributed by atoms with Crippen molar-refractivity contribution in [2.45, 2.75) is 13.8 Å². The van der Waals surface area contributed by atoms with Crippen molar-refractivity contribution in [2.75, 3.05) is 11.9 Å². The Balaban J connectivity index is 2.14. The van der Waals surface area contributed by atoms with Gasteiger partial charge < -0.3 is 10.1 Å². The molecule has 0 aromatic heterocycles. The molecule has 0 fully saturated rings. The quantitative estimate of drug-likeness (QED) is 0.442. The summed E-state index contributed by atoms with van der Waals surface area (Å²) in [5.74, 6) is -0.369. The third-order valence-electron chi connectivity index (χ3n) is 3.40. The lowest BCUT2D eigenvalue weighted by Crippen LogP contribution is -2.21. The number of ether oxygens (including phenoxy) is 1. The molecule has 2 rings (SSSR count). The van der Waals surface area contributed by atoms with Crippen molar-refractivity contribution in [1.29, 1.82) is 0 Å². The molecule has 2 aromatic rings. The topological polar surface area (TPSA) is 38.3 Å². The van der Waals surface area contributed by atoms with E-state index in [-0.39, 0.29) is 43.4 Å². The summed E-state index contributed by atoms with van der Waals surface area (Å²) in [6, 6.07) is 5.61. The Labute approximate surface area is 164 Å². The van der Waals surface area contributed by atoms with E-state index in [4.69, 9.17) is 62.7 Å². The molecule has 0 saturated heterocycles. The standard InChI is InChI=1S/C16H12Cl5NO2/c1-7-4-3-5-9(8(7)2)22-10(23)6-24-16-14(20)12(18)11(17)13(19)15(16)21/h3-5H,6H2,1-2H3,(H,22,23). The Morgan fingerprint density at radius 3 is 2.08 bits per heavy atom. The van der Waals surface area contributed by atoms with Crippen LogP contribution in [0.25, 0.3) is 0 Å². The lowest BCUT2D eigenvalue weighted by molar-refractivity contribution is -0.118. The monoisotopic (exact) mass is 425 g/mol. The van der Waals surface area contributed by atoms with Crippen molar-refractivity contribution in [3.05, 3.63) is 54.4 Å². The van der Waals surface area contributed by atoms with Crippen LogP contribution < -0.4 is 10.1 Å². The zero-order valence-corrected chi connectivity index (χ0v) is 16.4. The van der Waals surface area contributed by atoms with Gasteiger partial charge in [-0.05, 0) is 31.0 Å². The molecule has 0 aliphatic heterocycles. The number of rotatable bonds is 4. The third kappa shape index (κ3) is 4.04. The van der Waals surface area contributed by atoms with Gasteiger partial charge in [-0.1, -0.05) is 70.1 Å². The Morgan fingerprint density at radius 2 is 1.50 bits per heavy atom.